The van der Waals surface area contributed by atoms with Crippen molar-refractivity contribution < 1.29 is 9.53 Å². The van der Waals surface area contributed by atoms with Crippen LogP contribution >= 0.6 is 0 Å². The van der Waals surface area contributed by atoms with Gasteiger partial charge in [0.05, 0.1) is 0 Å². The number of ether oxygens (including phenoxy) is 1. The van der Waals surface area contributed by atoms with Crippen molar-refractivity contribution in [1.82, 2.24) is 5.32 Å². The third-order valence-corrected chi connectivity index (χ3v) is 2.72. The van der Waals surface area contributed by atoms with E-state index in [1.54, 1.807) is 0 Å². The zero-order valence-electron chi connectivity index (χ0n) is 7.01. The normalized spacial score (nSPS) is 35.0. The molecule has 0 radical (unpaired) electrons. The highest BCUT2D eigenvalue weighted by Crippen LogP contribution is 2.30. The van der Waals surface area contributed by atoms with Crippen molar-refractivity contribution in [3.63, 3.8) is 0 Å². The molecule has 2 aliphatic rings. The summed E-state index contributed by atoms with van der Waals surface area (Å²) < 4.78 is 4.91. The predicted molar refractivity (Wildman–Crippen MR) is 44.8 cm³/mol. The third kappa shape index (κ3) is 1.19. The number of carbonyl (C=O) groups excluding carboxylic acids is 1. The first-order valence-corrected chi connectivity index (χ1v) is 4.38. The summed E-state index contributed by atoms with van der Waals surface area (Å²) in [6.07, 6.45) is 3.02. The zero-order chi connectivity index (χ0) is 8.55. The number of hydrogen-bond acceptors (Lipinski definition) is 2. The van der Waals surface area contributed by atoms with E-state index >= 15 is 0 Å². The standard InChI is InChI=1S/C9H13NO2/c1-6-3-2-4-8-7(6)5-12-9(11)10-8/h7-8H,1-5H2,(H,10,11). The smallest absolute Gasteiger partial charge is 0.407 e. The fraction of sp³-hybridized carbons (Fsp3) is 0.667. The minimum atomic E-state index is -0.272. The lowest BCUT2D eigenvalue weighted by Gasteiger charge is -2.36. The molecule has 1 amide bonds. The Balaban J connectivity index is 2.09. The molecular formula is C9H13NO2. The summed E-state index contributed by atoms with van der Waals surface area (Å²) in [7, 11) is 0. The van der Waals surface area contributed by atoms with Crippen LogP contribution in [-0.4, -0.2) is 18.7 Å². The van der Waals surface area contributed by atoms with Gasteiger partial charge in [0.25, 0.3) is 0 Å². The van der Waals surface area contributed by atoms with Crippen LogP contribution in [0.15, 0.2) is 12.2 Å². The fourth-order valence-electron chi connectivity index (χ4n) is 1.99. The van der Waals surface area contributed by atoms with Gasteiger partial charge in [-0.2, -0.15) is 0 Å². The maximum Gasteiger partial charge on any atom is 0.407 e. The summed E-state index contributed by atoms with van der Waals surface area (Å²) in [4.78, 5) is 10.9. The van der Waals surface area contributed by atoms with Crippen molar-refractivity contribution in [2.45, 2.75) is 25.3 Å². The van der Waals surface area contributed by atoms with E-state index in [4.69, 9.17) is 4.74 Å². The molecule has 1 aliphatic heterocycles. The number of hydrogen-bond donors (Lipinski definition) is 1. The van der Waals surface area contributed by atoms with E-state index in [0.717, 1.165) is 19.3 Å². The third-order valence-electron chi connectivity index (χ3n) is 2.72. The molecule has 0 spiro atoms. The molecule has 1 N–H and O–H groups in total. The van der Waals surface area contributed by atoms with E-state index in [-0.39, 0.29) is 12.1 Å². The molecule has 2 fully saturated rings. The highest BCUT2D eigenvalue weighted by molar-refractivity contribution is 5.68. The minimum absolute atomic E-state index is 0.272. The first kappa shape index (κ1) is 7.65. The Bertz CT molecular complexity index is 225. The van der Waals surface area contributed by atoms with Crippen LogP contribution in [0.3, 0.4) is 0 Å². The van der Waals surface area contributed by atoms with E-state index in [1.807, 2.05) is 0 Å². The average Bonchev–Trinajstić information content (AvgIpc) is 2.04. The van der Waals surface area contributed by atoms with Gasteiger partial charge in [0.1, 0.15) is 6.61 Å². The van der Waals surface area contributed by atoms with E-state index in [0.29, 0.717) is 12.5 Å². The van der Waals surface area contributed by atoms with E-state index in [1.165, 1.54) is 5.57 Å². The van der Waals surface area contributed by atoms with Gasteiger partial charge in [-0.3, -0.25) is 0 Å². The van der Waals surface area contributed by atoms with Crippen molar-refractivity contribution in [2.24, 2.45) is 5.92 Å². The Labute approximate surface area is 71.8 Å². The quantitative estimate of drug-likeness (QED) is 0.554. The van der Waals surface area contributed by atoms with Gasteiger partial charge in [0.2, 0.25) is 0 Å². The summed E-state index contributed by atoms with van der Waals surface area (Å²) in [6.45, 7) is 4.52. The molecule has 2 unspecified atom stereocenters. The van der Waals surface area contributed by atoms with Crippen LogP contribution in [0, 0.1) is 5.92 Å². The van der Waals surface area contributed by atoms with Gasteiger partial charge in [-0.15, -0.1) is 0 Å². The molecule has 0 aromatic rings. The van der Waals surface area contributed by atoms with E-state index < -0.39 is 0 Å². The lowest BCUT2D eigenvalue weighted by molar-refractivity contribution is 0.0831. The van der Waals surface area contributed by atoms with Crippen LogP contribution in [0.2, 0.25) is 0 Å². The monoisotopic (exact) mass is 167 g/mol. The topological polar surface area (TPSA) is 38.3 Å². The summed E-state index contributed by atoms with van der Waals surface area (Å²) in [5.74, 6) is 0.358. The summed E-state index contributed by atoms with van der Waals surface area (Å²) >= 11 is 0. The Kier molecular flexibility index (Phi) is 1.79. The van der Waals surface area contributed by atoms with Crippen molar-refractivity contribution in [3.8, 4) is 0 Å². The van der Waals surface area contributed by atoms with Crippen LogP contribution in [0.1, 0.15) is 19.3 Å². The molecular weight excluding hydrogens is 154 g/mol. The molecule has 0 bridgehead atoms. The molecule has 1 saturated carbocycles. The molecule has 1 saturated heterocycles. The molecule has 2 atom stereocenters. The van der Waals surface area contributed by atoms with Gasteiger partial charge in [0, 0.05) is 12.0 Å². The van der Waals surface area contributed by atoms with Crippen LogP contribution < -0.4 is 5.32 Å². The van der Waals surface area contributed by atoms with Gasteiger partial charge < -0.3 is 10.1 Å². The number of fused-ring (bicyclic) bond motifs is 1. The maximum atomic E-state index is 10.9. The summed E-state index contributed by atoms with van der Waals surface area (Å²) in [5.41, 5.74) is 1.23. The second-order valence-corrected chi connectivity index (χ2v) is 3.51. The Hall–Kier alpha value is -0.990. The van der Waals surface area contributed by atoms with Crippen LogP contribution in [0.4, 0.5) is 4.79 Å². The SMILES string of the molecule is C=C1CCCC2NC(=O)OCC12. The van der Waals surface area contributed by atoms with E-state index in [9.17, 15) is 4.79 Å². The number of alkyl carbamates (subject to hydrolysis) is 1. The second-order valence-electron chi connectivity index (χ2n) is 3.51. The number of rotatable bonds is 0. The lowest BCUT2D eigenvalue weighted by atomic mass is 9.81. The van der Waals surface area contributed by atoms with Gasteiger partial charge in [-0.25, -0.2) is 4.79 Å². The number of cyclic esters (lactones) is 1. The number of carbonyl (C=O) groups is 1. The lowest BCUT2D eigenvalue weighted by Crippen LogP contribution is -2.49. The van der Waals surface area contributed by atoms with Crippen LogP contribution in [-0.2, 0) is 4.74 Å². The minimum Gasteiger partial charge on any atom is -0.449 e. The number of nitrogens with one attached hydrogen (secondary N) is 1. The van der Waals surface area contributed by atoms with Gasteiger partial charge in [-0.1, -0.05) is 12.2 Å². The Morgan fingerprint density at radius 1 is 1.58 bits per heavy atom. The van der Waals surface area contributed by atoms with Crippen molar-refractivity contribution in [3.05, 3.63) is 12.2 Å². The first-order valence-electron chi connectivity index (χ1n) is 4.38. The molecule has 12 heavy (non-hydrogen) atoms. The molecule has 3 heteroatoms. The second kappa shape index (κ2) is 2.81. The Morgan fingerprint density at radius 3 is 3.25 bits per heavy atom. The summed E-state index contributed by atoms with van der Waals surface area (Å²) in [5, 5.41) is 2.83. The predicted octanol–water partition coefficient (Wildman–Crippen LogP) is 1.45. The van der Waals surface area contributed by atoms with Crippen molar-refractivity contribution in [1.29, 1.82) is 0 Å². The molecule has 1 aliphatic carbocycles. The van der Waals surface area contributed by atoms with Gasteiger partial charge in [-0.05, 0) is 19.3 Å². The average molecular weight is 167 g/mol. The molecule has 2 rings (SSSR count). The molecule has 0 aromatic carbocycles. The zero-order valence-corrected chi connectivity index (χ0v) is 7.01. The van der Waals surface area contributed by atoms with Gasteiger partial charge in [0.15, 0.2) is 0 Å². The van der Waals surface area contributed by atoms with Gasteiger partial charge >= 0.3 is 6.09 Å². The Morgan fingerprint density at radius 2 is 2.42 bits per heavy atom. The first-order chi connectivity index (χ1) is 5.77. The highest BCUT2D eigenvalue weighted by Gasteiger charge is 2.33. The highest BCUT2D eigenvalue weighted by atomic mass is 16.6. The van der Waals surface area contributed by atoms with Crippen LogP contribution in [0.5, 0.6) is 0 Å². The molecule has 1 heterocycles. The largest absolute Gasteiger partial charge is 0.449 e. The molecule has 0 aromatic heterocycles. The van der Waals surface area contributed by atoms with E-state index in [2.05, 4.69) is 11.9 Å². The maximum absolute atomic E-state index is 10.9. The fourth-order valence-corrected chi connectivity index (χ4v) is 1.99. The van der Waals surface area contributed by atoms with Crippen LogP contribution in [0.25, 0.3) is 0 Å². The summed E-state index contributed by atoms with van der Waals surface area (Å²) in [6, 6.07) is 0.285. The van der Waals surface area contributed by atoms with Crippen molar-refractivity contribution >= 4 is 6.09 Å². The van der Waals surface area contributed by atoms with Crippen molar-refractivity contribution in [2.75, 3.05) is 6.61 Å². The molecule has 3 nitrogen and oxygen atoms in total. The molecule has 66 valence electrons. The number of amides is 1.